The van der Waals surface area contributed by atoms with Crippen LogP contribution < -0.4 is 0 Å². The van der Waals surface area contributed by atoms with Crippen LogP contribution in [0.4, 0.5) is 26.3 Å². The highest BCUT2D eigenvalue weighted by molar-refractivity contribution is 8.09. The molecule has 0 aliphatic carbocycles. The molecule has 1 N–H and O–H groups in total. The first-order valence-corrected chi connectivity index (χ1v) is 9.41. The van der Waals surface area contributed by atoms with E-state index < -0.39 is 53.0 Å². The van der Waals surface area contributed by atoms with Crippen LogP contribution in [-0.2, 0) is 26.1 Å². The van der Waals surface area contributed by atoms with E-state index in [1.54, 1.807) is 0 Å². The molecule has 0 atom stereocenters. The van der Waals surface area contributed by atoms with Gasteiger partial charge in [-0.15, -0.1) is 0 Å². The molecule has 0 aromatic heterocycles. The molecule has 0 unspecified atom stereocenters. The Kier molecular flexibility index (Phi) is 5.46. The average molecular weight is 414 g/mol. The molecule has 0 spiro atoms. The van der Waals surface area contributed by atoms with Crippen molar-refractivity contribution >= 4 is 19.7 Å². The number of phenols is 1. The van der Waals surface area contributed by atoms with Gasteiger partial charge in [-0.05, 0) is 25.0 Å². The Labute approximate surface area is 139 Å². The van der Waals surface area contributed by atoms with Gasteiger partial charge >= 0.3 is 11.0 Å². The van der Waals surface area contributed by atoms with Crippen LogP contribution in [0.15, 0.2) is 12.1 Å². The molecule has 5 nitrogen and oxygen atoms in total. The van der Waals surface area contributed by atoms with E-state index in [0.29, 0.717) is 0 Å². The quantitative estimate of drug-likeness (QED) is 0.766. The Morgan fingerprint density at radius 3 is 1.68 bits per heavy atom. The van der Waals surface area contributed by atoms with Gasteiger partial charge in [0.1, 0.15) is 5.75 Å². The van der Waals surface area contributed by atoms with Crippen LogP contribution in [0.2, 0.25) is 0 Å². The Balaban J connectivity index is 3.68. The van der Waals surface area contributed by atoms with E-state index in [1.807, 2.05) is 0 Å². The maximum absolute atomic E-state index is 12.7. The Morgan fingerprint density at radius 1 is 0.920 bits per heavy atom. The van der Waals surface area contributed by atoms with Crippen molar-refractivity contribution in [3.63, 3.8) is 0 Å². The monoisotopic (exact) mass is 414 g/mol. The largest absolute Gasteiger partial charge is 0.507 e. The molecule has 0 amide bonds. The van der Waals surface area contributed by atoms with E-state index in [2.05, 4.69) is 0 Å². The highest BCUT2D eigenvalue weighted by Gasteiger charge is 2.62. The molecule has 0 aliphatic heterocycles. The number of halogens is 6. The third-order valence-electron chi connectivity index (χ3n) is 3.25. The van der Waals surface area contributed by atoms with E-state index in [4.69, 9.17) is 0 Å². The third kappa shape index (κ3) is 4.02. The zero-order valence-electron chi connectivity index (χ0n) is 12.6. The van der Waals surface area contributed by atoms with Crippen LogP contribution in [0.3, 0.4) is 0 Å². The second-order valence-electron chi connectivity index (χ2n) is 5.20. The average Bonchev–Trinajstić information content (AvgIpc) is 2.37. The van der Waals surface area contributed by atoms with Crippen molar-refractivity contribution in [1.29, 1.82) is 0 Å². The standard InChI is InChI=1S/C12H12F6O5S2/c1-6-3-7(2)10(19)8(4-6)5-9(24(20,21)11(13,14)15)25(22,23)12(16,17)18/h3-4,9,19H,5H2,1-2H3. The predicted molar refractivity (Wildman–Crippen MR) is 75.0 cm³/mol. The highest BCUT2D eigenvalue weighted by atomic mass is 32.3. The van der Waals surface area contributed by atoms with Gasteiger partial charge in [0, 0.05) is 6.42 Å². The molecule has 0 saturated heterocycles. The van der Waals surface area contributed by atoms with Crippen LogP contribution >= 0.6 is 0 Å². The summed E-state index contributed by atoms with van der Waals surface area (Å²) in [5.41, 5.74) is -12.8. The molecular weight excluding hydrogens is 402 g/mol. The number of aryl methyl sites for hydroxylation is 2. The van der Waals surface area contributed by atoms with Crippen LogP contribution in [-0.4, -0.2) is 37.5 Å². The van der Waals surface area contributed by atoms with Crippen molar-refractivity contribution in [3.8, 4) is 5.75 Å². The molecule has 1 aromatic carbocycles. The zero-order chi connectivity index (χ0) is 20.0. The molecule has 144 valence electrons. The minimum absolute atomic E-state index is 0.0302. The first-order valence-electron chi connectivity index (χ1n) is 6.32. The molecule has 25 heavy (non-hydrogen) atoms. The van der Waals surface area contributed by atoms with E-state index in [-0.39, 0.29) is 11.1 Å². The Morgan fingerprint density at radius 2 is 1.32 bits per heavy atom. The van der Waals surface area contributed by atoms with Crippen molar-refractivity contribution < 1.29 is 48.3 Å². The normalized spacial score (nSPS) is 14.1. The highest BCUT2D eigenvalue weighted by Crippen LogP contribution is 2.39. The fraction of sp³-hybridized carbons (Fsp3) is 0.500. The summed E-state index contributed by atoms with van der Waals surface area (Å²) in [6.07, 6.45) is -1.71. The van der Waals surface area contributed by atoms with Gasteiger partial charge in [-0.2, -0.15) is 26.3 Å². The molecule has 0 aliphatic rings. The topological polar surface area (TPSA) is 88.5 Å². The fourth-order valence-corrected chi connectivity index (χ4v) is 5.45. The van der Waals surface area contributed by atoms with Crippen LogP contribution in [0.5, 0.6) is 5.75 Å². The number of aromatic hydroxyl groups is 1. The molecule has 0 heterocycles. The van der Waals surface area contributed by atoms with Crippen molar-refractivity contribution in [2.24, 2.45) is 0 Å². The summed E-state index contributed by atoms with van der Waals surface area (Å²) < 4.78 is 118. The SMILES string of the molecule is Cc1cc(C)c(O)c(CC(S(=O)(=O)C(F)(F)F)S(=O)(=O)C(F)(F)F)c1. The van der Waals surface area contributed by atoms with Crippen molar-refractivity contribution in [2.75, 3.05) is 0 Å². The van der Waals surface area contributed by atoms with Gasteiger partial charge in [0.15, 0.2) is 4.58 Å². The molecule has 0 fully saturated rings. The Hall–Kier alpha value is -1.50. The number of phenolic OH excluding ortho intramolecular Hbond substituents is 1. The molecule has 13 heteroatoms. The summed E-state index contributed by atoms with van der Waals surface area (Å²) in [5.74, 6) is -0.787. The minimum Gasteiger partial charge on any atom is -0.507 e. The van der Waals surface area contributed by atoms with Gasteiger partial charge in [-0.25, -0.2) is 16.8 Å². The summed E-state index contributed by atoms with van der Waals surface area (Å²) in [6.45, 7) is 2.64. The number of benzene rings is 1. The summed E-state index contributed by atoms with van der Waals surface area (Å²) in [4.78, 5) is 0. The number of sulfone groups is 2. The van der Waals surface area contributed by atoms with Gasteiger partial charge < -0.3 is 5.11 Å². The fourth-order valence-electron chi connectivity index (χ4n) is 2.07. The lowest BCUT2D eigenvalue weighted by molar-refractivity contribution is -0.0471. The van der Waals surface area contributed by atoms with E-state index in [0.717, 1.165) is 6.07 Å². The second kappa shape index (κ2) is 6.34. The van der Waals surface area contributed by atoms with Crippen molar-refractivity contribution in [3.05, 3.63) is 28.8 Å². The van der Waals surface area contributed by atoms with Gasteiger partial charge in [-0.3, -0.25) is 0 Å². The van der Waals surface area contributed by atoms with Gasteiger partial charge in [0.05, 0.1) is 0 Å². The third-order valence-corrected chi connectivity index (χ3v) is 7.78. The first-order chi connectivity index (χ1) is 10.9. The van der Waals surface area contributed by atoms with E-state index >= 15 is 0 Å². The summed E-state index contributed by atoms with van der Waals surface area (Å²) in [6, 6.07) is 2.23. The zero-order valence-corrected chi connectivity index (χ0v) is 14.2. The number of hydrogen-bond donors (Lipinski definition) is 1. The second-order valence-corrected chi connectivity index (χ2v) is 9.75. The number of rotatable bonds is 4. The molecule has 1 aromatic rings. The summed E-state index contributed by atoms with van der Waals surface area (Å²) >= 11 is 0. The van der Waals surface area contributed by atoms with E-state index in [1.165, 1.54) is 19.9 Å². The van der Waals surface area contributed by atoms with Crippen LogP contribution in [0, 0.1) is 13.8 Å². The smallest absolute Gasteiger partial charge is 0.498 e. The molecule has 0 radical (unpaired) electrons. The number of hydrogen-bond acceptors (Lipinski definition) is 5. The van der Waals surface area contributed by atoms with Gasteiger partial charge in [-0.1, -0.05) is 17.7 Å². The molecule has 0 saturated carbocycles. The summed E-state index contributed by atoms with van der Waals surface area (Å²) in [5, 5.41) is 9.76. The minimum atomic E-state index is -6.74. The van der Waals surface area contributed by atoms with Crippen molar-refractivity contribution in [1.82, 2.24) is 0 Å². The lowest BCUT2D eigenvalue weighted by atomic mass is 10.0. The molecule has 1 rings (SSSR count). The number of alkyl halides is 6. The van der Waals surface area contributed by atoms with Crippen molar-refractivity contribution in [2.45, 2.75) is 35.9 Å². The lowest BCUT2D eigenvalue weighted by Gasteiger charge is -2.21. The van der Waals surface area contributed by atoms with Gasteiger partial charge in [0.2, 0.25) is 0 Å². The maximum Gasteiger partial charge on any atom is 0.498 e. The lowest BCUT2D eigenvalue weighted by Crippen LogP contribution is -2.46. The molecular formula is C12H12F6O5S2. The first kappa shape index (κ1) is 21.5. The Bertz CT molecular complexity index is 824. The maximum atomic E-state index is 12.7. The summed E-state index contributed by atoms with van der Waals surface area (Å²) in [7, 11) is -13.5. The predicted octanol–water partition coefficient (Wildman–Crippen LogP) is 2.75. The van der Waals surface area contributed by atoms with Crippen LogP contribution in [0.25, 0.3) is 0 Å². The van der Waals surface area contributed by atoms with Gasteiger partial charge in [0.25, 0.3) is 19.7 Å². The van der Waals surface area contributed by atoms with E-state index in [9.17, 15) is 48.3 Å². The molecule has 0 bridgehead atoms. The van der Waals surface area contributed by atoms with Crippen LogP contribution in [0.1, 0.15) is 16.7 Å².